The van der Waals surface area contributed by atoms with Crippen LogP contribution in [0.1, 0.15) is 43.0 Å². The van der Waals surface area contributed by atoms with E-state index < -0.39 is 5.72 Å². The van der Waals surface area contributed by atoms with Crippen molar-refractivity contribution < 1.29 is 5.11 Å². The molecule has 0 amide bonds. The molecule has 2 aliphatic heterocycles. The zero-order chi connectivity index (χ0) is 16.9. The van der Waals surface area contributed by atoms with E-state index in [4.69, 9.17) is 0 Å². The van der Waals surface area contributed by atoms with Gasteiger partial charge in [-0.25, -0.2) is 0 Å². The molecule has 0 aliphatic carbocycles. The van der Waals surface area contributed by atoms with Gasteiger partial charge < -0.3 is 10.0 Å². The normalized spacial score (nSPS) is 22.8. The van der Waals surface area contributed by atoms with Crippen molar-refractivity contribution in [1.29, 1.82) is 0 Å². The van der Waals surface area contributed by atoms with Crippen LogP contribution in [0.25, 0.3) is 0 Å². The molecule has 1 atom stereocenters. The van der Waals surface area contributed by atoms with E-state index in [1.54, 1.807) is 0 Å². The third-order valence-corrected chi connectivity index (χ3v) is 5.17. The van der Waals surface area contributed by atoms with Crippen LogP contribution >= 0.6 is 0 Å². The summed E-state index contributed by atoms with van der Waals surface area (Å²) >= 11 is 0. The van der Waals surface area contributed by atoms with Crippen molar-refractivity contribution in [3.63, 3.8) is 0 Å². The molecule has 1 unspecified atom stereocenters. The van der Waals surface area contributed by atoms with Crippen LogP contribution in [0.2, 0.25) is 0 Å². The fraction of sp³-hybridized carbons (Fsp3) is 0.381. The van der Waals surface area contributed by atoms with Crippen molar-refractivity contribution in [2.45, 2.75) is 38.3 Å². The van der Waals surface area contributed by atoms with Gasteiger partial charge in [-0.05, 0) is 16.5 Å². The number of aliphatic imine (C=N–C) groups is 1. The Bertz CT molecular complexity index is 819. The fourth-order valence-electron chi connectivity index (χ4n) is 3.78. The highest BCUT2D eigenvalue weighted by Crippen LogP contribution is 2.39. The van der Waals surface area contributed by atoms with Gasteiger partial charge in [0.2, 0.25) is 0 Å². The molecule has 124 valence electrons. The van der Waals surface area contributed by atoms with Crippen LogP contribution in [-0.4, -0.2) is 28.9 Å². The van der Waals surface area contributed by atoms with Gasteiger partial charge in [0.25, 0.3) is 0 Å². The van der Waals surface area contributed by atoms with E-state index in [1.165, 1.54) is 5.56 Å². The van der Waals surface area contributed by atoms with Gasteiger partial charge in [0.1, 0.15) is 5.84 Å². The smallest absolute Gasteiger partial charge is 0.169 e. The molecule has 3 heteroatoms. The van der Waals surface area contributed by atoms with Crippen molar-refractivity contribution >= 4 is 5.84 Å². The van der Waals surface area contributed by atoms with E-state index in [0.29, 0.717) is 6.42 Å². The van der Waals surface area contributed by atoms with E-state index in [0.717, 1.165) is 35.6 Å². The summed E-state index contributed by atoms with van der Waals surface area (Å²) in [5.41, 5.74) is 3.56. The largest absolute Gasteiger partial charge is 0.366 e. The van der Waals surface area contributed by atoms with Gasteiger partial charge in [0.05, 0.1) is 6.54 Å². The lowest BCUT2D eigenvalue weighted by Crippen LogP contribution is -2.53. The summed E-state index contributed by atoms with van der Waals surface area (Å²) in [5.74, 6) is 0.931. The second kappa shape index (κ2) is 5.18. The first-order chi connectivity index (χ1) is 11.4. The third kappa shape index (κ3) is 2.27. The highest BCUT2D eigenvalue weighted by Gasteiger charge is 2.45. The Kier molecular flexibility index (Phi) is 3.33. The zero-order valence-corrected chi connectivity index (χ0v) is 14.6. The average Bonchev–Trinajstić information content (AvgIpc) is 3.05. The highest BCUT2D eigenvalue weighted by atomic mass is 16.3. The molecule has 0 bridgehead atoms. The van der Waals surface area contributed by atoms with Crippen molar-refractivity contribution in [2.24, 2.45) is 4.99 Å². The number of hydrogen-bond donors (Lipinski definition) is 1. The second-order valence-electron chi connectivity index (χ2n) is 7.84. The molecule has 0 spiro atoms. The highest BCUT2D eigenvalue weighted by molar-refractivity contribution is 6.02. The molecular weight excluding hydrogens is 296 g/mol. The molecular formula is C21H24N2O. The first kappa shape index (κ1) is 15.4. The molecule has 2 heterocycles. The summed E-state index contributed by atoms with van der Waals surface area (Å²) in [6.45, 7) is 8.12. The molecule has 2 aliphatic rings. The Labute approximate surface area is 143 Å². The topological polar surface area (TPSA) is 35.8 Å². The number of nitrogens with zero attached hydrogens (tertiary/aromatic N) is 2. The minimum atomic E-state index is -1.02. The van der Waals surface area contributed by atoms with Gasteiger partial charge in [-0.2, -0.15) is 0 Å². The molecule has 0 aromatic heterocycles. The molecule has 2 aromatic rings. The predicted molar refractivity (Wildman–Crippen MR) is 97.3 cm³/mol. The van der Waals surface area contributed by atoms with Crippen molar-refractivity contribution in [2.75, 3.05) is 13.1 Å². The maximum atomic E-state index is 11.7. The Morgan fingerprint density at radius 1 is 1.08 bits per heavy atom. The summed E-state index contributed by atoms with van der Waals surface area (Å²) in [5, 5.41) is 11.7. The lowest BCUT2D eigenvalue weighted by atomic mass is 9.82. The summed E-state index contributed by atoms with van der Waals surface area (Å²) in [7, 11) is 0. The maximum Gasteiger partial charge on any atom is 0.169 e. The van der Waals surface area contributed by atoms with E-state index in [-0.39, 0.29) is 5.41 Å². The van der Waals surface area contributed by atoms with Crippen LogP contribution in [0.5, 0.6) is 0 Å². The fourth-order valence-corrected chi connectivity index (χ4v) is 3.78. The maximum absolute atomic E-state index is 11.7. The summed E-state index contributed by atoms with van der Waals surface area (Å²) in [6.07, 6.45) is 0.593. The Morgan fingerprint density at radius 2 is 1.88 bits per heavy atom. The molecule has 1 N–H and O–H groups in total. The summed E-state index contributed by atoms with van der Waals surface area (Å²) in [4.78, 5) is 6.75. The van der Waals surface area contributed by atoms with Crippen LogP contribution in [0.15, 0.2) is 53.5 Å². The van der Waals surface area contributed by atoms with Gasteiger partial charge in [0, 0.05) is 24.1 Å². The van der Waals surface area contributed by atoms with E-state index >= 15 is 0 Å². The molecule has 4 rings (SSSR count). The van der Waals surface area contributed by atoms with E-state index in [1.807, 2.05) is 18.2 Å². The lowest BCUT2D eigenvalue weighted by molar-refractivity contribution is -0.0746. The molecule has 3 nitrogen and oxygen atoms in total. The van der Waals surface area contributed by atoms with Crippen LogP contribution in [-0.2, 0) is 17.6 Å². The van der Waals surface area contributed by atoms with Gasteiger partial charge >= 0.3 is 0 Å². The van der Waals surface area contributed by atoms with Crippen molar-refractivity contribution in [3.05, 3.63) is 70.8 Å². The molecule has 0 radical (unpaired) electrons. The standard InChI is InChI=1S/C21H24N2O/c1-20(2,3)16-8-6-9-17(13-16)21(24)14-15-7-4-5-10-18(15)19-22-11-12-23(19)21/h4-10,13,24H,11-12,14H2,1-3H3. The van der Waals surface area contributed by atoms with Crippen LogP contribution < -0.4 is 0 Å². The monoisotopic (exact) mass is 320 g/mol. The Morgan fingerprint density at radius 3 is 2.67 bits per heavy atom. The average molecular weight is 320 g/mol. The van der Waals surface area contributed by atoms with Crippen molar-refractivity contribution in [1.82, 2.24) is 4.90 Å². The van der Waals surface area contributed by atoms with E-state index in [9.17, 15) is 5.11 Å². The number of rotatable bonds is 1. The minimum absolute atomic E-state index is 0.0564. The minimum Gasteiger partial charge on any atom is -0.366 e. The Hall–Kier alpha value is -2.13. The number of amidine groups is 1. The number of benzene rings is 2. The Balaban J connectivity index is 1.85. The molecule has 2 aromatic carbocycles. The first-order valence-electron chi connectivity index (χ1n) is 8.63. The number of fused-ring (bicyclic) bond motifs is 3. The van der Waals surface area contributed by atoms with Gasteiger partial charge in [0.15, 0.2) is 5.72 Å². The lowest BCUT2D eigenvalue weighted by Gasteiger charge is -2.44. The first-order valence-corrected chi connectivity index (χ1v) is 8.63. The van der Waals surface area contributed by atoms with Crippen molar-refractivity contribution in [3.8, 4) is 0 Å². The molecule has 24 heavy (non-hydrogen) atoms. The van der Waals surface area contributed by atoms with Crippen LogP contribution in [0.4, 0.5) is 0 Å². The number of aliphatic hydroxyl groups is 1. The summed E-state index contributed by atoms with van der Waals surface area (Å²) in [6, 6.07) is 16.7. The quantitative estimate of drug-likeness (QED) is 0.873. The van der Waals surface area contributed by atoms with E-state index in [2.05, 4.69) is 61.0 Å². The molecule has 0 saturated carbocycles. The van der Waals surface area contributed by atoms with Crippen LogP contribution in [0, 0.1) is 0 Å². The van der Waals surface area contributed by atoms with Gasteiger partial charge in [-0.1, -0.05) is 69.3 Å². The SMILES string of the molecule is CC(C)(C)c1cccc(C2(O)Cc3ccccc3C3=NCCN32)c1. The predicted octanol–water partition coefficient (Wildman–Crippen LogP) is 3.45. The third-order valence-electron chi connectivity index (χ3n) is 5.17. The van der Waals surface area contributed by atoms with Crippen LogP contribution in [0.3, 0.4) is 0 Å². The second-order valence-corrected chi connectivity index (χ2v) is 7.84. The molecule has 0 fully saturated rings. The van der Waals surface area contributed by atoms with Gasteiger partial charge in [-0.15, -0.1) is 0 Å². The van der Waals surface area contributed by atoms with Gasteiger partial charge in [-0.3, -0.25) is 4.99 Å². The summed E-state index contributed by atoms with van der Waals surface area (Å²) < 4.78 is 0. The number of hydrogen-bond acceptors (Lipinski definition) is 3. The molecule has 0 saturated heterocycles. The zero-order valence-electron chi connectivity index (χ0n) is 14.6.